The molecular weight excluding hydrogens is 318 g/mol. The van der Waals surface area contributed by atoms with Crippen LogP contribution < -0.4 is 0 Å². The van der Waals surface area contributed by atoms with Crippen molar-refractivity contribution in [1.82, 2.24) is 4.57 Å². The van der Waals surface area contributed by atoms with Gasteiger partial charge in [-0.2, -0.15) is 8.42 Å². The number of nitrogens with zero attached hydrogens (tertiary/aromatic N) is 1. The van der Waals surface area contributed by atoms with Crippen molar-refractivity contribution in [1.29, 1.82) is 0 Å². The molecule has 6 nitrogen and oxygen atoms in total. The molecule has 0 fully saturated rings. The van der Waals surface area contributed by atoms with Crippen molar-refractivity contribution in [2.45, 2.75) is 11.5 Å². The van der Waals surface area contributed by atoms with Crippen LogP contribution in [0.2, 0.25) is 0 Å². The molecule has 3 aromatic rings. The third kappa shape index (κ3) is 3.10. The molecule has 23 heavy (non-hydrogen) atoms. The van der Waals surface area contributed by atoms with Crippen molar-refractivity contribution in [3.63, 3.8) is 0 Å². The molecule has 2 aromatic carbocycles. The quantitative estimate of drug-likeness (QED) is 0.746. The zero-order chi connectivity index (χ0) is 16.4. The fraction of sp³-hybridized carbons (Fsp3) is 0.0625. The fourth-order valence-corrected chi connectivity index (χ4v) is 3.02. The van der Waals surface area contributed by atoms with Crippen molar-refractivity contribution in [2.24, 2.45) is 0 Å². The Morgan fingerprint density at radius 3 is 2.48 bits per heavy atom. The molecule has 1 heterocycles. The number of hydrogen-bond donors (Lipinski definition) is 1. The first-order chi connectivity index (χ1) is 11.0. The first-order valence-electron chi connectivity index (χ1n) is 6.75. The van der Waals surface area contributed by atoms with Gasteiger partial charge in [0.05, 0.1) is 5.52 Å². The molecule has 1 aromatic heterocycles. The first-order valence-corrected chi connectivity index (χ1v) is 8.19. The number of carbonyl (C=O) groups excluding carboxylic acids is 1. The van der Waals surface area contributed by atoms with Gasteiger partial charge in [-0.25, -0.2) is 4.79 Å². The Labute approximate surface area is 132 Å². The van der Waals surface area contributed by atoms with Crippen molar-refractivity contribution < 1.29 is 22.5 Å². The molecule has 0 amide bonds. The van der Waals surface area contributed by atoms with E-state index in [9.17, 15) is 17.8 Å². The molecule has 1 N–H and O–H groups in total. The molecule has 0 bridgehead atoms. The maximum atomic E-state index is 12.2. The average molecular weight is 331 g/mol. The lowest BCUT2D eigenvalue weighted by atomic mass is 10.2. The Kier molecular flexibility index (Phi) is 3.89. The van der Waals surface area contributed by atoms with Crippen molar-refractivity contribution in [3.05, 3.63) is 66.4 Å². The predicted octanol–water partition coefficient (Wildman–Crippen LogP) is 3.07. The van der Waals surface area contributed by atoms with E-state index in [0.717, 1.165) is 10.1 Å². The maximum absolute atomic E-state index is 12.2. The number of benzene rings is 2. The molecule has 0 aliphatic heterocycles. The summed E-state index contributed by atoms with van der Waals surface area (Å²) in [5.41, 5.74) is 0.903. The standard InChI is InChI=1S/C16H13NO5S/c18-16(22-11-12-5-2-1-3-6-12)17-10-9-13-7-4-8-14(15(13)17)23(19,20)21/h1-10H,11H2,(H,19,20,21). The number of aromatic nitrogens is 1. The van der Waals surface area contributed by atoms with Crippen LogP contribution in [0.1, 0.15) is 5.56 Å². The Balaban J connectivity index is 1.95. The third-order valence-corrected chi connectivity index (χ3v) is 4.24. The Morgan fingerprint density at radius 2 is 1.78 bits per heavy atom. The second kappa shape index (κ2) is 5.86. The Bertz CT molecular complexity index is 961. The van der Waals surface area contributed by atoms with Crippen LogP contribution in [0.25, 0.3) is 10.9 Å². The van der Waals surface area contributed by atoms with Crippen LogP contribution in [0.4, 0.5) is 4.79 Å². The van der Waals surface area contributed by atoms with Crippen LogP contribution in [0.5, 0.6) is 0 Å². The molecule has 0 radical (unpaired) electrons. The van der Waals surface area contributed by atoms with Crippen LogP contribution in [0, 0.1) is 0 Å². The van der Waals surface area contributed by atoms with Gasteiger partial charge in [0.25, 0.3) is 10.1 Å². The smallest absolute Gasteiger partial charge is 0.418 e. The molecule has 0 atom stereocenters. The van der Waals surface area contributed by atoms with E-state index in [0.29, 0.717) is 5.39 Å². The number of rotatable bonds is 3. The molecule has 0 aliphatic rings. The molecule has 0 unspecified atom stereocenters. The molecular formula is C16H13NO5S. The fourth-order valence-electron chi connectivity index (χ4n) is 2.31. The molecule has 0 saturated carbocycles. The van der Waals surface area contributed by atoms with Crippen molar-refractivity contribution >= 4 is 27.1 Å². The van der Waals surface area contributed by atoms with Gasteiger partial charge in [-0.3, -0.25) is 9.12 Å². The summed E-state index contributed by atoms with van der Waals surface area (Å²) in [4.78, 5) is 11.9. The highest BCUT2D eigenvalue weighted by Gasteiger charge is 2.20. The zero-order valence-corrected chi connectivity index (χ0v) is 12.7. The van der Waals surface area contributed by atoms with Gasteiger partial charge >= 0.3 is 6.09 Å². The lowest BCUT2D eigenvalue weighted by molar-refractivity contribution is 0.142. The number of para-hydroxylation sites is 1. The molecule has 0 saturated heterocycles. The van der Waals surface area contributed by atoms with E-state index in [-0.39, 0.29) is 17.0 Å². The summed E-state index contributed by atoms with van der Waals surface area (Å²) < 4.78 is 38.6. The van der Waals surface area contributed by atoms with Crippen LogP contribution in [0.3, 0.4) is 0 Å². The number of carbonyl (C=O) groups is 1. The Hall–Kier alpha value is -2.64. The number of ether oxygens (including phenoxy) is 1. The summed E-state index contributed by atoms with van der Waals surface area (Å²) in [6.07, 6.45) is 0.687. The highest BCUT2D eigenvalue weighted by Crippen LogP contribution is 2.24. The van der Waals surface area contributed by atoms with E-state index in [4.69, 9.17) is 4.74 Å². The molecule has 3 rings (SSSR count). The summed E-state index contributed by atoms with van der Waals surface area (Å²) in [6, 6.07) is 15.1. The van der Waals surface area contributed by atoms with E-state index in [2.05, 4.69) is 0 Å². The van der Waals surface area contributed by atoms with Crippen LogP contribution >= 0.6 is 0 Å². The van der Waals surface area contributed by atoms with E-state index < -0.39 is 16.2 Å². The molecule has 0 spiro atoms. The largest absolute Gasteiger partial charge is 0.444 e. The maximum Gasteiger partial charge on any atom is 0.418 e. The van der Waals surface area contributed by atoms with Crippen LogP contribution in [-0.4, -0.2) is 23.6 Å². The van der Waals surface area contributed by atoms with E-state index in [1.54, 1.807) is 12.1 Å². The van der Waals surface area contributed by atoms with Gasteiger partial charge in [0.1, 0.15) is 11.5 Å². The van der Waals surface area contributed by atoms with Crippen molar-refractivity contribution in [3.8, 4) is 0 Å². The van der Waals surface area contributed by atoms with Gasteiger partial charge in [-0.1, -0.05) is 42.5 Å². The van der Waals surface area contributed by atoms with E-state index in [1.807, 2.05) is 30.3 Å². The van der Waals surface area contributed by atoms with Crippen LogP contribution in [0.15, 0.2) is 65.7 Å². The lowest BCUT2D eigenvalue weighted by Gasteiger charge is -2.08. The summed E-state index contributed by atoms with van der Waals surface area (Å²) >= 11 is 0. The average Bonchev–Trinajstić information content (AvgIpc) is 2.96. The minimum absolute atomic E-state index is 0.0629. The van der Waals surface area contributed by atoms with E-state index >= 15 is 0 Å². The summed E-state index contributed by atoms with van der Waals surface area (Å²) in [5, 5.41) is 0.511. The van der Waals surface area contributed by atoms with Crippen LogP contribution in [-0.2, 0) is 21.5 Å². The highest BCUT2D eigenvalue weighted by atomic mass is 32.2. The van der Waals surface area contributed by atoms with Gasteiger partial charge < -0.3 is 4.74 Å². The molecule has 118 valence electrons. The number of fused-ring (bicyclic) bond motifs is 1. The zero-order valence-electron chi connectivity index (χ0n) is 11.9. The normalized spacial score (nSPS) is 11.5. The minimum atomic E-state index is -4.45. The topological polar surface area (TPSA) is 85.6 Å². The second-order valence-electron chi connectivity index (χ2n) is 4.89. The SMILES string of the molecule is O=C(OCc1ccccc1)n1ccc2cccc(S(=O)(=O)O)c21. The predicted molar refractivity (Wildman–Crippen MR) is 83.8 cm³/mol. The molecule has 7 heteroatoms. The van der Waals surface area contributed by atoms with E-state index in [1.165, 1.54) is 18.3 Å². The van der Waals surface area contributed by atoms with Gasteiger partial charge in [0.2, 0.25) is 0 Å². The summed E-state index contributed by atoms with van der Waals surface area (Å²) in [7, 11) is -4.45. The Morgan fingerprint density at radius 1 is 1.04 bits per heavy atom. The van der Waals surface area contributed by atoms with Gasteiger partial charge in [-0.15, -0.1) is 0 Å². The summed E-state index contributed by atoms with van der Waals surface area (Å²) in [5.74, 6) is 0. The summed E-state index contributed by atoms with van der Waals surface area (Å²) in [6.45, 7) is 0.0629. The van der Waals surface area contributed by atoms with Gasteiger partial charge in [0, 0.05) is 11.6 Å². The third-order valence-electron chi connectivity index (χ3n) is 3.35. The van der Waals surface area contributed by atoms with Crippen molar-refractivity contribution in [2.75, 3.05) is 0 Å². The minimum Gasteiger partial charge on any atom is -0.444 e. The monoisotopic (exact) mass is 331 g/mol. The first kappa shape index (κ1) is 15.3. The molecule has 0 aliphatic carbocycles. The highest BCUT2D eigenvalue weighted by molar-refractivity contribution is 7.86. The van der Waals surface area contributed by atoms with Gasteiger partial charge in [0.15, 0.2) is 0 Å². The van der Waals surface area contributed by atoms with Gasteiger partial charge in [-0.05, 0) is 17.7 Å². The lowest BCUT2D eigenvalue weighted by Crippen LogP contribution is -2.14. The number of hydrogen-bond acceptors (Lipinski definition) is 4. The second-order valence-corrected chi connectivity index (χ2v) is 6.28.